The lowest BCUT2D eigenvalue weighted by atomic mass is 10.0. The summed E-state index contributed by atoms with van der Waals surface area (Å²) in [6, 6.07) is 3.78. The van der Waals surface area contributed by atoms with Gasteiger partial charge >= 0.3 is 0 Å². The number of nitrogens with zero attached hydrogens (tertiary/aromatic N) is 1. The number of pyridine rings is 1. The quantitative estimate of drug-likeness (QED) is 0.880. The lowest BCUT2D eigenvalue weighted by Gasteiger charge is -2.14. The molecule has 20 heavy (non-hydrogen) atoms. The minimum absolute atomic E-state index is 0.432. The Labute approximate surface area is 119 Å². The molecule has 0 aromatic carbocycles. The van der Waals surface area contributed by atoms with Crippen LogP contribution in [0.15, 0.2) is 29.0 Å². The fraction of sp³-hybridized carbons (Fsp3) is 0.438. The van der Waals surface area contributed by atoms with Crippen molar-refractivity contribution < 1.29 is 14.3 Å². The van der Waals surface area contributed by atoms with E-state index >= 15 is 0 Å². The van der Waals surface area contributed by atoms with Crippen LogP contribution in [0.1, 0.15) is 29.0 Å². The Hall–Kier alpha value is -1.81. The number of ether oxygens (including phenoxy) is 1. The minimum atomic E-state index is -0.432. The van der Waals surface area contributed by atoms with E-state index in [0.29, 0.717) is 12.8 Å². The highest BCUT2D eigenvalue weighted by atomic mass is 16.5. The molecule has 2 rings (SSSR count). The van der Waals surface area contributed by atoms with Gasteiger partial charge in [-0.3, -0.25) is 4.98 Å². The van der Waals surface area contributed by atoms with Gasteiger partial charge in [0.25, 0.3) is 0 Å². The summed E-state index contributed by atoms with van der Waals surface area (Å²) in [6.45, 7) is 3.95. The molecule has 2 aromatic rings. The number of methoxy groups -OCH3 is 1. The lowest BCUT2D eigenvalue weighted by molar-refractivity contribution is 0.161. The maximum absolute atomic E-state index is 10.1. The van der Waals surface area contributed by atoms with Crippen molar-refractivity contribution in [2.75, 3.05) is 7.11 Å². The molecule has 0 radical (unpaired) electrons. The third-order valence-corrected chi connectivity index (χ3v) is 3.48. The standard InChI is InChI=1S/C16H21NO3/c1-11-10-17-15(12(2)16(11)19-3)9-13(18)6-7-14-5-4-8-20-14/h4-5,8,10,13,18H,6-7,9H2,1-3H3. The second-order valence-electron chi connectivity index (χ2n) is 5.02. The number of aliphatic hydroxyl groups excluding tert-OH is 1. The average molecular weight is 275 g/mol. The van der Waals surface area contributed by atoms with Crippen LogP contribution in [0.5, 0.6) is 5.75 Å². The minimum Gasteiger partial charge on any atom is -0.496 e. The predicted molar refractivity (Wildman–Crippen MR) is 77.0 cm³/mol. The molecular weight excluding hydrogens is 254 g/mol. The molecule has 4 heteroatoms. The van der Waals surface area contributed by atoms with Crippen molar-refractivity contribution in [2.45, 2.75) is 39.2 Å². The first-order valence-corrected chi connectivity index (χ1v) is 6.81. The van der Waals surface area contributed by atoms with Gasteiger partial charge in [0.05, 0.1) is 19.5 Å². The first-order valence-electron chi connectivity index (χ1n) is 6.81. The van der Waals surface area contributed by atoms with Crippen molar-refractivity contribution in [3.63, 3.8) is 0 Å². The summed E-state index contributed by atoms with van der Waals surface area (Å²) in [7, 11) is 1.66. The van der Waals surface area contributed by atoms with Gasteiger partial charge in [-0.05, 0) is 32.4 Å². The van der Waals surface area contributed by atoms with Gasteiger partial charge in [0.2, 0.25) is 0 Å². The first-order chi connectivity index (χ1) is 9.61. The smallest absolute Gasteiger partial charge is 0.128 e. The molecule has 1 unspecified atom stereocenters. The van der Waals surface area contributed by atoms with Crippen molar-refractivity contribution in [2.24, 2.45) is 0 Å². The Balaban J connectivity index is 1.99. The van der Waals surface area contributed by atoms with Gasteiger partial charge in [0, 0.05) is 35.9 Å². The molecule has 1 atom stereocenters. The van der Waals surface area contributed by atoms with E-state index in [1.54, 1.807) is 19.6 Å². The normalized spacial score (nSPS) is 12.4. The van der Waals surface area contributed by atoms with Crippen molar-refractivity contribution >= 4 is 0 Å². The van der Waals surface area contributed by atoms with E-state index in [2.05, 4.69) is 4.98 Å². The highest BCUT2D eigenvalue weighted by Gasteiger charge is 2.14. The van der Waals surface area contributed by atoms with Gasteiger partial charge in [-0.1, -0.05) is 0 Å². The van der Waals surface area contributed by atoms with E-state index in [-0.39, 0.29) is 0 Å². The van der Waals surface area contributed by atoms with Crippen LogP contribution >= 0.6 is 0 Å². The van der Waals surface area contributed by atoms with Crippen LogP contribution in [-0.2, 0) is 12.8 Å². The largest absolute Gasteiger partial charge is 0.496 e. The molecule has 108 valence electrons. The maximum atomic E-state index is 10.1. The van der Waals surface area contributed by atoms with Gasteiger partial charge < -0.3 is 14.3 Å². The van der Waals surface area contributed by atoms with E-state index in [0.717, 1.165) is 34.8 Å². The second kappa shape index (κ2) is 6.57. The Morgan fingerprint density at radius 1 is 1.40 bits per heavy atom. The van der Waals surface area contributed by atoms with Crippen molar-refractivity contribution in [1.82, 2.24) is 4.98 Å². The fourth-order valence-corrected chi connectivity index (χ4v) is 2.37. The van der Waals surface area contributed by atoms with Crippen LogP contribution in [0, 0.1) is 13.8 Å². The SMILES string of the molecule is COc1c(C)cnc(CC(O)CCc2ccco2)c1C. The Morgan fingerprint density at radius 3 is 2.85 bits per heavy atom. The van der Waals surface area contributed by atoms with Crippen molar-refractivity contribution in [3.05, 3.63) is 47.2 Å². The average Bonchev–Trinajstić information content (AvgIpc) is 2.94. The Bertz CT molecular complexity index is 549. The molecule has 0 aliphatic rings. The van der Waals surface area contributed by atoms with E-state index in [4.69, 9.17) is 9.15 Å². The second-order valence-corrected chi connectivity index (χ2v) is 5.02. The van der Waals surface area contributed by atoms with Gasteiger partial charge in [-0.25, -0.2) is 0 Å². The monoisotopic (exact) mass is 275 g/mol. The van der Waals surface area contributed by atoms with Gasteiger partial charge in [-0.15, -0.1) is 0 Å². The molecule has 0 aliphatic carbocycles. The number of hydrogen-bond donors (Lipinski definition) is 1. The van der Waals surface area contributed by atoms with Crippen LogP contribution in [0.25, 0.3) is 0 Å². The summed E-state index contributed by atoms with van der Waals surface area (Å²) >= 11 is 0. The maximum Gasteiger partial charge on any atom is 0.128 e. The third kappa shape index (κ3) is 3.39. The van der Waals surface area contributed by atoms with Crippen LogP contribution in [0.2, 0.25) is 0 Å². The van der Waals surface area contributed by atoms with E-state index in [9.17, 15) is 5.11 Å². The summed E-state index contributed by atoms with van der Waals surface area (Å²) in [5, 5.41) is 10.1. The van der Waals surface area contributed by atoms with Gasteiger partial charge in [-0.2, -0.15) is 0 Å². The Morgan fingerprint density at radius 2 is 2.20 bits per heavy atom. The molecule has 2 heterocycles. The zero-order valence-corrected chi connectivity index (χ0v) is 12.2. The number of furan rings is 1. The summed E-state index contributed by atoms with van der Waals surface area (Å²) in [6.07, 6.45) is 4.93. The predicted octanol–water partition coefficient (Wildman–Crippen LogP) is 2.84. The highest BCUT2D eigenvalue weighted by molar-refractivity contribution is 5.41. The highest BCUT2D eigenvalue weighted by Crippen LogP contribution is 2.25. The molecule has 2 aromatic heterocycles. The topological polar surface area (TPSA) is 55.5 Å². The van der Waals surface area contributed by atoms with Crippen LogP contribution in [0.3, 0.4) is 0 Å². The summed E-state index contributed by atoms with van der Waals surface area (Å²) in [4.78, 5) is 4.41. The molecule has 0 saturated heterocycles. The summed E-state index contributed by atoms with van der Waals surface area (Å²) in [5.74, 6) is 1.75. The first kappa shape index (κ1) is 14.6. The van der Waals surface area contributed by atoms with Crippen LogP contribution in [-0.4, -0.2) is 23.3 Å². The molecule has 1 N–H and O–H groups in total. The molecule has 0 bridgehead atoms. The molecule has 0 amide bonds. The molecule has 0 aliphatic heterocycles. The lowest BCUT2D eigenvalue weighted by Crippen LogP contribution is -2.14. The third-order valence-electron chi connectivity index (χ3n) is 3.48. The fourth-order valence-electron chi connectivity index (χ4n) is 2.37. The molecule has 0 saturated carbocycles. The molecule has 4 nitrogen and oxygen atoms in total. The molecule has 0 spiro atoms. The van der Waals surface area contributed by atoms with Crippen LogP contribution in [0.4, 0.5) is 0 Å². The van der Waals surface area contributed by atoms with Crippen molar-refractivity contribution in [1.29, 1.82) is 0 Å². The summed E-state index contributed by atoms with van der Waals surface area (Å²) in [5.41, 5.74) is 2.91. The summed E-state index contributed by atoms with van der Waals surface area (Å²) < 4.78 is 10.6. The van der Waals surface area contributed by atoms with Gasteiger partial charge in [0.15, 0.2) is 0 Å². The van der Waals surface area contributed by atoms with Crippen LogP contribution < -0.4 is 4.74 Å². The van der Waals surface area contributed by atoms with E-state index < -0.39 is 6.10 Å². The number of aryl methyl sites for hydroxylation is 2. The van der Waals surface area contributed by atoms with E-state index in [1.807, 2.05) is 26.0 Å². The number of hydrogen-bond acceptors (Lipinski definition) is 4. The number of rotatable bonds is 6. The zero-order valence-electron chi connectivity index (χ0n) is 12.2. The zero-order chi connectivity index (χ0) is 14.5. The Kier molecular flexibility index (Phi) is 4.79. The number of aliphatic hydroxyl groups is 1. The van der Waals surface area contributed by atoms with Gasteiger partial charge in [0.1, 0.15) is 11.5 Å². The number of aromatic nitrogens is 1. The molecular formula is C16H21NO3. The molecule has 0 fully saturated rings. The van der Waals surface area contributed by atoms with E-state index in [1.165, 1.54) is 0 Å². The van der Waals surface area contributed by atoms with Crippen molar-refractivity contribution in [3.8, 4) is 5.75 Å².